The molecule has 1 saturated carbocycles. The van der Waals surface area contributed by atoms with Crippen molar-refractivity contribution in [3.8, 4) is 11.5 Å². The molecular weight excluding hydrogens is 342 g/mol. The number of nitrogens with one attached hydrogen (secondary N) is 1. The Labute approximate surface area is 159 Å². The third-order valence-electron chi connectivity index (χ3n) is 5.51. The predicted octanol–water partition coefficient (Wildman–Crippen LogP) is 2.80. The Hall–Kier alpha value is -2.53. The molecule has 1 unspecified atom stereocenters. The first-order valence-corrected chi connectivity index (χ1v) is 9.48. The Balaban J connectivity index is 1.50. The van der Waals surface area contributed by atoms with E-state index in [1.165, 1.54) is 5.56 Å². The van der Waals surface area contributed by atoms with Crippen LogP contribution >= 0.6 is 0 Å². The Morgan fingerprint density at radius 2 is 2.15 bits per heavy atom. The van der Waals surface area contributed by atoms with Crippen LogP contribution in [0.15, 0.2) is 42.5 Å². The van der Waals surface area contributed by atoms with Gasteiger partial charge in [-0.05, 0) is 59.7 Å². The minimum atomic E-state index is -0.259. The maximum Gasteiger partial charge on any atom is 0.224 e. The maximum absolute atomic E-state index is 12.7. The van der Waals surface area contributed by atoms with Crippen LogP contribution in [0.1, 0.15) is 35.6 Å². The van der Waals surface area contributed by atoms with E-state index in [2.05, 4.69) is 11.4 Å². The zero-order chi connectivity index (χ0) is 18.8. The monoisotopic (exact) mass is 367 g/mol. The molecule has 5 heteroatoms. The van der Waals surface area contributed by atoms with Gasteiger partial charge in [0, 0.05) is 6.42 Å². The van der Waals surface area contributed by atoms with Crippen molar-refractivity contribution in [1.82, 2.24) is 5.32 Å². The molecule has 2 aromatic rings. The number of rotatable bonds is 6. The molecule has 5 nitrogen and oxygen atoms in total. The Kier molecular flexibility index (Phi) is 5.03. The number of aliphatic hydroxyl groups excluding tert-OH is 1. The molecule has 2 aliphatic rings. The van der Waals surface area contributed by atoms with Gasteiger partial charge in [-0.3, -0.25) is 4.79 Å². The van der Waals surface area contributed by atoms with Gasteiger partial charge in [0.15, 0.2) is 0 Å². The number of carbonyl (C=O) groups is 1. The van der Waals surface area contributed by atoms with E-state index in [4.69, 9.17) is 9.47 Å². The number of carbonyl (C=O) groups excluding carboxylic acids is 1. The van der Waals surface area contributed by atoms with Crippen LogP contribution in [-0.2, 0) is 17.6 Å². The molecule has 1 amide bonds. The summed E-state index contributed by atoms with van der Waals surface area (Å²) < 4.78 is 10.8. The molecule has 1 fully saturated rings. The summed E-state index contributed by atoms with van der Waals surface area (Å²) in [7, 11) is 1.62. The van der Waals surface area contributed by atoms with Crippen LogP contribution in [0, 0.1) is 5.92 Å². The van der Waals surface area contributed by atoms with Crippen molar-refractivity contribution in [2.75, 3.05) is 13.7 Å². The lowest BCUT2D eigenvalue weighted by Crippen LogP contribution is -2.41. The molecule has 142 valence electrons. The largest absolute Gasteiger partial charge is 0.497 e. The number of aliphatic hydroxyl groups is 1. The van der Waals surface area contributed by atoms with Crippen molar-refractivity contribution in [1.29, 1.82) is 0 Å². The summed E-state index contributed by atoms with van der Waals surface area (Å²) in [5.41, 5.74) is 3.20. The summed E-state index contributed by atoms with van der Waals surface area (Å²) in [5.74, 6) is 1.92. The minimum Gasteiger partial charge on any atom is -0.497 e. The maximum atomic E-state index is 12.7. The second-order valence-corrected chi connectivity index (χ2v) is 7.42. The molecule has 2 aromatic carbocycles. The van der Waals surface area contributed by atoms with Crippen molar-refractivity contribution in [3.05, 3.63) is 59.2 Å². The van der Waals surface area contributed by atoms with Crippen LogP contribution in [0.2, 0.25) is 0 Å². The molecule has 2 N–H and O–H groups in total. The van der Waals surface area contributed by atoms with Gasteiger partial charge in [-0.1, -0.05) is 18.2 Å². The molecule has 1 atom stereocenters. The summed E-state index contributed by atoms with van der Waals surface area (Å²) in [6.07, 6.45) is 2.39. The van der Waals surface area contributed by atoms with Crippen LogP contribution in [0.3, 0.4) is 0 Å². The molecule has 0 radical (unpaired) electrons. The molecule has 1 aliphatic heterocycles. The number of fused-ring (bicyclic) bond motifs is 1. The third-order valence-corrected chi connectivity index (χ3v) is 5.51. The Bertz CT molecular complexity index is 829. The van der Waals surface area contributed by atoms with E-state index in [1.807, 2.05) is 36.4 Å². The standard InChI is InChI=1S/C22H25NO4/c1-26-19-4-2-3-14(9-19)10-21(25)23-22(17-12-18(24)13-17)16-5-6-20-15(11-16)7-8-27-20/h2-6,9,11,17-18,22,24H,7-8,10,12-13H2,1H3,(H,23,25). The first-order chi connectivity index (χ1) is 13.1. The fourth-order valence-electron chi connectivity index (χ4n) is 3.97. The SMILES string of the molecule is COc1cccc(CC(=O)NC(c2ccc3c(c2)CCO3)C2CC(O)C2)c1. The molecular formula is C22H25NO4. The van der Waals surface area contributed by atoms with Gasteiger partial charge in [-0.2, -0.15) is 0 Å². The molecule has 0 saturated heterocycles. The van der Waals surface area contributed by atoms with E-state index in [1.54, 1.807) is 7.11 Å². The van der Waals surface area contributed by atoms with Gasteiger partial charge in [0.1, 0.15) is 11.5 Å². The van der Waals surface area contributed by atoms with Crippen LogP contribution in [0.5, 0.6) is 11.5 Å². The molecule has 0 spiro atoms. The van der Waals surface area contributed by atoms with Crippen molar-refractivity contribution >= 4 is 5.91 Å². The van der Waals surface area contributed by atoms with E-state index >= 15 is 0 Å². The summed E-state index contributed by atoms with van der Waals surface area (Å²) in [6, 6.07) is 13.7. The first kappa shape index (κ1) is 17.9. The van der Waals surface area contributed by atoms with Gasteiger partial charge in [0.25, 0.3) is 0 Å². The fraction of sp³-hybridized carbons (Fsp3) is 0.409. The molecule has 4 rings (SSSR count). The summed E-state index contributed by atoms with van der Waals surface area (Å²) in [4.78, 5) is 12.7. The Morgan fingerprint density at radius 3 is 2.93 bits per heavy atom. The zero-order valence-corrected chi connectivity index (χ0v) is 15.5. The topological polar surface area (TPSA) is 67.8 Å². The van der Waals surface area contributed by atoms with Crippen molar-refractivity contribution in [2.24, 2.45) is 5.92 Å². The highest BCUT2D eigenvalue weighted by Crippen LogP contribution is 2.39. The van der Waals surface area contributed by atoms with Crippen LogP contribution in [0.4, 0.5) is 0 Å². The number of methoxy groups -OCH3 is 1. The van der Waals surface area contributed by atoms with Gasteiger partial charge < -0.3 is 19.9 Å². The highest BCUT2D eigenvalue weighted by Gasteiger charge is 2.36. The van der Waals surface area contributed by atoms with E-state index in [0.29, 0.717) is 13.0 Å². The lowest BCUT2D eigenvalue weighted by atomic mass is 9.74. The highest BCUT2D eigenvalue weighted by atomic mass is 16.5. The second-order valence-electron chi connectivity index (χ2n) is 7.42. The molecule has 1 aliphatic carbocycles. The van der Waals surface area contributed by atoms with E-state index in [-0.39, 0.29) is 24.0 Å². The summed E-state index contributed by atoms with van der Waals surface area (Å²) in [5, 5.41) is 13.0. The second kappa shape index (κ2) is 7.61. The molecule has 0 aromatic heterocycles. The summed E-state index contributed by atoms with van der Waals surface area (Å²) in [6.45, 7) is 0.716. The number of ether oxygens (including phenoxy) is 2. The van der Waals surface area contributed by atoms with E-state index in [0.717, 1.165) is 41.9 Å². The number of amides is 1. The fourth-order valence-corrected chi connectivity index (χ4v) is 3.97. The van der Waals surface area contributed by atoms with Gasteiger partial charge in [0.2, 0.25) is 5.91 Å². The number of hydrogen-bond donors (Lipinski definition) is 2. The highest BCUT2D eigenvalue weighted by molar-refractivity contribution is 5.79. The normalized spacial score (nSPS) is 21.6. The van der Waals surface area contributed by atoms with Crippen molar-refractivity contribution in [3.63, 3.8) is 0 Å². The average molecular weight is 367 g/mol. The van der Waals surface area contributed by atoms with Gasteiger partial charge in [-0.15, -0.1) is 0 Å². The van der Waals surface area contributed by atoms with Gasteiger partial charge in [-0.25, -0.2) is 0 Å². The average Bonchev–Trinajstić information content (AvgIpc) is 3.11. The van der Waals surface area contributed by atoms with Crippen LogP contribution < -0.4 is 14.8 Å². The number of benzene rings is 2. The molecule has 27 heavy (non-hydrogen) atoms. The van der Waals surface area contributed by atoms with Crippen LogP contribution in [-0.4, -0.2) is 30.8 Å². The van der Waals surface area contributed by atoms with Gasteiger partial charge >= 0.3 is 0 Å². The first-order valence-electron chi connectivity index (χ1n) is 9.48. The zero-order valence-electron chi connectivity index (χ0n) is 15.5. The third kappa shape index (κ3) is 3.93. The molecule has 1 heterocycles. The van der Waals surface area contributed by atoms with Crippen molar-refractivity contribution in [2.45, 2.75) is 37.8 Å². The summed E-state index contributed by atoms with van der Waals surface area (Å²) >= 11 is 0. The number of hydrogen-bond acceptors (Lipinski definition) is 4. The smallest absolute Gasteiger partial charge is 0.224 e. The van der Waals surface area contributed by atoms with Crippen molar-refractivity contribution < 1.29 is 19.4 Å². The quantitative estimate of drug-likeness (QED) is 0.824. The minimum absolute atomic E-state index is 0.0219. The Morgan fingerprint density at radius 1 is 1.30 bits per heavy atom. The lowest BCUT2D eigenvalue weighted by Gasteiger charge is -2.38. The van der Waals surface area contributed by atoms with Gasteiger partial charge in [0.05, 0.1) is 32.3 Å². The predicted molar refractivity (Wildman–Crippen MR) is 102 cm³/mol. The van der Waals surface area contributed by atoms with E-state index in [9.17, 15) is 9.90 Å². The van der Waals surface area contributed by atoms with Crippen LogP contribution in [0.25, 0.3) is 0 Å². The molecule has 0 bridgehead atoms. The lowest BCUT2D eigenvalue weighted by molar-refractivity contribution is -0.122. The van der Waals surface area contributed by atoms with E-state index < -0.39 is 0 Å².